The average molecular weight is 120 g/mol. The van der Waals surface area contributed by atoms with E-state index in [0.29, 0.717) is 0 Å². The third-order valence-electron chi connectivity index (χ3n) is 0.704. The summed E-state index contributed by atoms with van der Waals surface area (Å²) in [5, 5.41) is 0. The minimum Gasteiger partial charge on any atom is -0.412 e. The third kappa shape index (κ3) is 38.9. The van der Waals surface area contributed by atoms with Crippen LogP contribution in [0.5, 0.6) is 0 Å². The molecule has 0 spiro atoms. The Morgan fingerprint density at radius 1 is 1.12 bits per heavy atom. The van der Waals surface area contributed by atoms with Crippen molar-refractivity contribution in [3.8, 4) is 0 Å². The van der Waals surface area contributed by atoms with Gasteiger partial charge in [-0.05, 0) is 0 Å². The van der Waals surface area contributed by atoms with Crippen molar-refractivity contribution in [1.29, 1.82) is 0 Å². The Morgan fingerprint density at radius 2 is 1.38 bits per heavy atom. The van der Waals surface area contributed by atoms with E-state index in [-0.39, 0.29) is 5.48 Å². The van der Waals surface area contributed by atoms with Crippen LogP contribution in [0.4, 0.5) is 0 Å². The third-order valence-corrected chi connectivity index (χ3v) is 0.704. The topological polar surface area (TPSA) is 44.0 Å². The zero-order chi connectivity index (χ0) is 5.54. The predicted octanol–water partition coefficient (Wildman–Crippen LogP) is 0.998. The Kier molecular flexibility index (Phi) is 13.6. The number of hydrogen-bond acceptors (Lipinski definition) is 1. The number of rotatable bonds is 1. The van der Waals surface area contributed by atoms with Crippen molar-refractivity contribution in [3.63, 3.8) is 0 Å². The predicted molar refractivity (Wildman–Crippen MR) is 35.0 cm³/mol. The number of hydrogen-bond donors (Lipinski definition) is 0. The molecule has 0 aromatic heterocycles. The molecule has 1 fully saturated rings. The highest BCUT2D eigenvalue weighted by atomic mass is 16.6. The van der Waals surface area contributed by atoms with Crippen LogP contribution in [-0.2, 0) is 4.74 Å². The molecule has 0 unspecified atom stereocenters. The van der Waals surface area contributed by atoms with E-state index in [2.05, 4.69) is 18.6 Å². The largest absolute Gasteiger partial charge is 0.412 e. The van der Waals surface area contributed by atoms with Gasteiger partial charge in [0.05, 0.1) is 13.2 Å². The van der Waals surface area contributed by atoms with Gasteiger partial charge in [0.25, 0.3) is 0 Å². The summed E-state index contributed by atoms with van der Waals surface area (Å²) in [5.41, 5.74) is 0. The maximum atomic E-state index is 4.50. The summed E-state index contributed by atoms with van der Waals surface area (Å²) < 4.78 is 4.50. The minimum absolute atomic E-state index is 0. The second-order valence-corrected chi connectivity index (χ2v) is 1.61. The first-order chi connectivity index (χ1) is 3.41. The molecular weight excluding hydrogens is 104 g/mol. The molecule has 0 aromatic rings. The zero-order valence-electron chi connectivity index (χ0n) is 5.74. The monoisotopic (exact) mass is 120 g/mol. The Labute approximate surface area is 51.2 Å². The summed E-state index contributed by atoms with van der Waals surface area (Å²) >= 11 is 0. The highest BCUT2D eigenvalue weighted by Crippen LogP contribution is 1.84. The number of epoxide rings is 1. The van der Waals surface area contributed by atoms with E-state index in [1.54, 1.807) is 0 Å². The van der Waals surface area contributed by atoms with E-state index in [9.17, 15) is 0 Å². The van der Waals surface area contributed by atoms with E-state index in [1.165, 1.54) is 12.8 Å². The standard InChI is InChI=1S/C4H10.C2H4O.H2O/c1-3-4-2;1-2-3-1;/h3-4H2,1-2H3;1-2H2;1H2. The fraction of sp³-hybridized carbons (Fsp3) is 1.00. The summed E-state index contributed by atoms with van der Waals surface area (Å²) in [4.78, 5) is 0. The van der Waals surface area contributed by atoms with Gasteiger partial charge in [-0.1, -0.05) is 26.7 Å². The summed E-state index contributed by atoms with van der Waals surface area (Å²) in [7, 11) is 0. The molecule has 0 bridgehead atoms. The van der Waals surface area contributed by atoms with Crippen molar-refractivity contribution in [1.82, 2.24) is 0 Å². The van der Waals surface area contributed by atoms with Crippen LogP contribution in [0.25, 0.3) is 0 Å². The lowest BCUT2D eigenvalue weighted by atomic mass is 10.4. The molecule has 0 saturated carbocycles. The van der Waals surface area contributed by atoms with Gasteiger partial charge >= 0.3 is 0 Å². The quantitative estimate of drug-likeness (QED) is 0.476. The Morgan fingerprint density at radius 3 is 1.38 bits per heavy atom. The van der Waals surface area contributed by atoms with Crippen molar-refractivity contribution in [2.75, 3.05) is 13.2 Å². The molecule has 2 nitrogen and oxygen atoms in total. The molecule has 1 heterocycles. The lowest BCUT2D eigenvalue weighted by Crippen LogP contribution is -1.47. The zero-order valence-corrected chi connectivity index (χ0v) is 5.74. The average Bonchev–Trinajstić information content (AvgIpc) is 2.47. The SMILES string of the molecule is C1CO1.CCCC.O. The molecule has 0 amide bonds. The lowest BCUT2D eigenvalue weighted by Gasteiger charge is -1.68. The molecule has 8 heavy (non-hydrogen) atoms. The molecule has 2 N–H and O–H groups in total. The first-order valence-corrected chi connectivity index (χ1v) is 2.99. The fourth-order valence-corrected chi connectivity index (χ4v) is 0. The molecular formula is C6H16O2. The van der Waals surface area contributed by atoms with Crippen molar-refractivity contribution in [2.24, 2.45) is 0 Å². The Balaban J connectivity index is 0. The summed E-state index contributed by atoms with van der Waals surface area (Å²) in [6.45, 7) is 6.36. The second-order valence-electron chi connectivity index (χ2n) is 1.61. The highest BCUT2D eigenvalue weighted by molar-refractivity contribution is 4.36. The van der Waals surface area contributed by atoms with Crippen LogP contribution in [0, 0.1) is 0 Å². The van der Waals surface area contributed by atoms with Crippen LogP contribution in [0.2, 0.25) is 0 Å². The molecule has 1 aliphatic heterocycles. The normalized spacial score (nSPS) is 12.8. The van der Waals surface area contributed by atoms with Crippen LogP contribution < -0.4 is 0 Å². The van der Waals surface area contributed by atoms with Gasteiger partial charge in [-0.15, -0.1) is 0 Å². The van der Waals surface area contributed by atoms with E-state index < -0.39 is 0 Å². The van der Waals surface area contributed by atoms with E-state index in [4.69, 9.17) is 0 Å². The molecule has 1 aliphatic rings. The van der Waals surface area contributed by atoms with E-state index >= 15 is 0 Å². The van der Waals surface area contributed by atoms with Crippen LogP contribution in [0.1, 0.15) is 26.7 Å². The maximum absolute atomic E-state index is 4.50. The summed E-state index contributed by atoms with van der Waals surface area (Å²) in [5.74, 6) is 0. The van der Waals surface area contributed by atoms with Crippen molar-refractivity contribution < 1.29 is 10.2 Å². The maximum Gasteiger partial charge on any atom is 0.0701 e. The Hall–Kier alpha value is -0.0800. The van der Waals surface area contributed by atoms with Gasteiger partial charge in [0, 0.05) is 0 Å². The fourth-order valence-electron chi connectivity index (χ4n) is 0. The van der Waals surface area contributed by atoms with Gasteiger partial charge in [0.2, 0.25) is 0 Å². The molecule has 0 atom stereocenters. The lowest BCUT2D eigenvalue weighted by molar-refractivity contribution is 0.475. The summed E-state index contributed by atoms with van der Waals surface area (Å²) in [6.07, 6.45) is 2.64. The smallest absolute Gasteiger partial charge is 0.0701 e. The molecule has 2 heteroatoms. The number of unbranched alkanes of at least 4 members (excludes halogenated alkanes) is 1. The van der Waals surface area contributed by atoms with Crippen LogP contribution in [0.15, 0.2) is 0 Å². The van der Waals surface area contributed by atoms with Gasteiger partial charge in [-0.3, -0.25) is 0 Å². The molecule has 0 aromatic carbocycles. The molecule has 1 rings (SSSR count). The minimum atomic E-state index is 0. The van der Waals surface area contributed by atoms with Crippen LogP contribution >= 0.6 is 0 Å². The van der Waals surface area contributed by atoms with Crippen molar-refractivity contribution >= 4 is 0 Å². The van der Waals surface area contributed by atoms with E-state index in [1.807, 2.05) is 0 Å². The molecule has 1 saturated heterocycles. The first kappa shape index (κ1) is 10.8. The van der Waals surface area contributed by atoms with Crippen LogP contribution in [-0.4, -0.2) is 18.7 Å². The Bertz CT molecular complexity index is 23.0. The van der Waals surface area contributed by atoms with Crippen LogP contribution in [0.3, 0.4) is 0 Å². The first-order valence-electron chi connectivity index (χ1n) is 2.99. The van der Waals surface area contributed by atoms with Gasteiger partial charge in [0.15, 0.2) is 0 Å². The molecule has 52 valence electrons. The van der Waals surface area contributed by atoms with Gasteiger partial charge < -0.3 is 10.2 Å². The van der Waals surface area contributed by atoms with Gasteiger partial charge in [-0.25, -0.2) is 0 Å². The van der Waals surface area contributed by atoms with Gasteiger partial charge in [-0.2, -0.15) is 0 Å². The number of ether oxygens (including phenoxy) is 1. The van der Waals surface area contributed by atoms with Crippen molar-refractivity contribution in [3.05, 3.63) is 0 Å². The highest BCUT2D eigenvalue weighted by Gasteiger charge is 1.94. The van der Waals surface area contributed by atoms with Crippen molar-refractivity contribution in [2.45, 2.75) is 26.7 Å². The van der Waals surface area contributed by atoms with E-state index in [0.717, 1.165) is 13.2 Å². The second kappa shape index (κ2) is 10.0. The van der Waals surface area contributed by atoms with Gasteiger partial charge in [0.1, 0.15) is 0 Å². The summed E-state index contributed by atoms with van der Waals surface area (Å²) in [6, 6.07) is 0. The molecule has 0 radical (unpaired) electrons. The molecule has 0 aliphatic carbocycles.